The van der Waals surface area contributed by atoms with E-state index in [1.165, 1.54) is 18.2 Å². The Balaban J connectivity index is 1.26. The minimum Gasteiger partial charge on any atom is -0.508 e. The number of piperazine rings is 1. The Morgan fingerprint density at radius 2 is 1.73 bits per heavy atom. The number of piperidine rings is 1. The fourth-order valence-electron chi connectivity index (χ4n) is 8.50. The number of phenols is 1. The van der Waals surface area contributed by atoms with Gasteiger partial charge in [-0.1, -0.05) is 12.0 Å². The summed E-state index contributed by atoms with van der Waals surface area (Å²) in [4.78, 5) is 33.0. The van der Waals surface area contributed by atoms with E-state index in [0.29, 0.717) is 50.7 Å². The third-order valence-corrected chi connectivity index (χ3v) is 11.4. The number of alkyl halides is 4. The number of aromatic nitrogens is 3. The van der Waals surface area contributed by atoms with Gasteiger partial charge in [-0.3, -0.25) is 4.79 Å². The Morgan fingerprint density at radius 1 is 1.04 bits per heavy atom. The summed E-state index contributed by atoms with van der Waals surface area (Å²) in [6.45, 7) is 2.11. The normalized spacial score (nSPS) is 21.3. The molecule has 0 radical (unpaired) electrons. The average Bonchev–Trinajstić information content (AvgIpc) is 3.86. The largest absolute Gasteiger partial charge is 0.508 e. The molecule has 10 nitrogen and oxygen atoms in total. The lowest BCUT2D eigenvalue weighted by atomic mass is 9.95. The maximum atomic E-state index is 17.3. The van der Waals surface area contributed by atoms with Crippen molar-refractivity contribution in [2.75, 3.05) is 63.2 Å². The summed E-state index contributed by atoms with van der Waals surface area (Å²) < 4.78 is 93.4. The molecule has 2 aromatic carbocycles. The number of pyridine rings is 1. The molecule has 55 heavy (non-hydrogen) atoms. The molecule has 8 rings (SSSR count). The Kier molecular flexibility index (Phi) is 9.13. The second-order valence-electron chi connectivity index (χ2n) is 15.4. The van der Waals surface area contributed by atoms with Gasteiger partial charge in [-0.2, -0.15) is 23.1 Å². The molecule has 1 saturated carbocycles. The van der Waals surface area contributed by atoms with E-state index in [4.69, 9.17) is 21.1 Å². The molecule has 5 heterocycles. The number of terminal acetylenes is 1. The first-order valence-electron chi connectivity index (χ1n) is 18.3. The van der Waals surface area contributed by atoms with Crippen molar-refractivity contribution in [3.63, 3.8) is 0 Å². The molecular weight excluding hydrogens is 728 g/mol. The highest BCUT2D eigenvalue weighted by molar-refractivity contribution is 6.06. The minimum atomic E-state index is -5.04. The van der Waals surface area contributed by atoms with E-state index in [-0.39, 0.29) is 81.6 Å². The number of nitrogens with zero attached hydrogens (tertiary/aromatic N) is 7. The lowest BCUT2D eigenvalue weighted by Crippen LogP contribution is -2.59. The first-order valence-corrected chi connectivity index (χ1v) is 18.3. The van der Waals surface area contributed by atoms with E-state index < -0.39 is 42.0 Å². The van der Waals surface area contributed by atoms with E-state index in [1.807, 2.05) is 0 Å². The first kappa shape index (κ1) is 36.9. The highest BCUT2D eigenvalue weighted by Crippen LogP contribution is 2.48. The van der Waals surface area contributed by atoms with E-state index >= 15 is 8.78 Å². The third-order valence-electron chi connectivity index (χ3n) is 11.4. The molecule has 4 aliphatic rings. The molecule has 2 aromatic heterocycles. The lowest BCUT2D eigenvalue weighted by molar-refractivity contribution is -0.188. The lowest BCUT2D eigenvalue weighted by Gasteiger charge is -2.42. The van der Waals surface area contributed by atoms with Crippen molar-refractivity contribution in [2.24, 2.45) is 5.41 Å². The molecule has 16 heteroatoms. The topological polar surface area (TPSA) is 98.2 Å². The van der Waals surface area contributed by atoms with Crippen LogP contribution in [0.5, 0.6) is 11.8 Å². The van der Waals surface area contributed by atoms with Crippen LogP contribution in [0.2, 0.25) is 0 Å². The average molecular weight is 768 g/mol. The summed E-state index contributed by atoms with van der Waals surface area (Å²) in [6.07, 6.45) is 3.19. The number of benzene rings is 2. The van der Waals surface area contributed by atoms with Crippen LogP contribution in [0.1, 0.15) is 44.1 Å². The van der Waals surface area contributed by atoms with Crippen molar-refractivity contribution in [3.8, 4) is 35.4 Å². The van der Waals surface area contributed by atoms with Crippen LogP contribution in [0, 0.1) is 29.4 Å². The Labute approximate surface area is 313 Å². The van der Waals surface area contributed by atoms with Gasteiger partial charge in [0.25, 0.3) is 0 Å². The zero-order chi connectivity index (χ0) is 39.0. The van der Waals surface area contributed by atoms with Crippen molar-refractivity contribution in [1.29, 1.82) is 0 Å². The van der Waals surface area contributed by atoms with Gasteiger partial charge in [0.05, 0.1) is 29.6 Å². The number of hydrogen-bond donors (Lipinski definition) is 1. The number of fused-ring (bicyclic) bond motifs is 4. The summed E-state index contributed by atoms with van der Waals surface area (Å²) in [6, 6.07) is 3.47. The number of carbonyl (C=O) groups is 1. The smallest absolute Gasteiger partial charge is 0.471 e. The second kappa shape index (κ2) is 13.6. The molecule has 2 bridgehead atoms. The van der Waals surface area contributed by atoms with Gasteiger partial charge in [0.2, 0.25) is 0 Å². The van der Waals surface area contributed by atoms with E-state index in [0.717, 1.165) is 23.8 Å². The van der Waals surface area contributed by atoms with Gasteiger partial charge in [0.15, 0.2) is 5.82 Å². The molecule has 4 aromatic rings. The Hall–Kier alpha value is -5.04. The highest BCUT2D eigenvalue weighted by Gasteiger charge is 2.52. The molecule has 290 valence electrons. The molecule has 1 aliphatic carbocycles. The fourth-order valence-corrected chi connectivity index (χ4v) is 8.50. The van der Waals surface area contributed by atoms with Crippen molar-refractivity contribution >= 4 is 39.2 Å². The van der Waals surface area contributed by atoms with Crippen LogP contribution in [0.15, 0.2) is 24.3 Å². The summed E-state index contributed by atoms with van der Waals surface area (Å²) >= 11 is 0. The van der Waals surface area contributed by atoms with Crippen LogP contribution >= 0.6 is 0 Å². The van der Waals surface area contributed by atoms with Crippen LogP contribution in [0.3, 0.4) is 0 Å². The van der Waals surface area contributed by atoms with Crippen LogP contribution in [-0.2, 0) is 4.79 Å². The van der Waals surface area contributed by atoms with E-state index in [1.54, 1.807) is 23.9 Å². The number of hydrogen-bond acceptors (Lipinski definition) is 9. The Bertz CT molecular complexity index is 2220. The predicted molar refractivity (Wildman–Crippen MR) is 194 cm³/mol. The number of anilines is 2. The predicted octanol–water partition coefficient (Wildman–Crippen LogP) is 6.21. The minimum absolute atomic E-state index is 0.0129. The number of amides is 1. The molecule has 0 spiro atoms. The summed E-state index contributed by atoms with van der Waals surface area (Å²) in [5, 5.41) is 11.4. The highest BCUT2D eigenvalue weighted by atomic mass is 19.4. The molecule has 3 saturated heterocycles. The first-order chi connectivity index (χ1) is 26.2. The van der Waals surface area contributed by atoms with Crippen LogP contribution in [0.4, 0.5) is 38.0 Å². The van der Waals surface area contributed by atoms with Crippen molar-refractivity contribution in [1.82, 2.24) is 24.8 Å². The molecule has 4 fully saturated rings. The quantitative estimate of drug-likeness (QED) is 0.166. The summed E-state index contributed by atoms with van der Waals surface area (Å²) in [5.74, 6) is -1.13. The number of halogens is 6. The van der Waals surface area contributed by atoms with Gasteiger partial charge in [0.1, 0.15) is 40.6 Å². The zero-order valence-electron chi connectivity index (χ0n) is 30.3. The number of rotatable bonds is 8. The standard InChI is InChI=1S/C39H39F6N7O3/c1-4-26-28(41)8-5-21-15-25(53)16-27(29(21)26)32-31(42)33-30(34(46-32)49(2)3)35(51-17-23-6-7-24(18-51)52(23)36(54)39(43,44)45)48-37(47-33)55-20-38(11-12-38)19-50-13-9-22(40)10-14-50/h1,5,8,15-16,22-24,53H,6-7,9-14,17-20H2,2-3H3. The maximum Gasteiger partial charge on any atom is 0.471 e. The van der Waals surface area contributed by atoms with E-state index in [9.17, 15) is 27.5 Å². The molecule has 2 unspecified atom stereocenters. The van der Waals surface area contributed by atoms with E-state index in [2.05, 4.69) is 15.8 Å². The molecule has 1 amide bonds. The number of aromatic hydroxyl groups is 1. The molecule has 3 aliphatic heterocycles. The molecule has 2 atom stereocenters. The fraction of sp³-hybridized carbons (Fsp3) is 0.487. The zero-order valence-corrected chi connectivity index (χ0v) is 30.3. The summed E-state index contributed by atoms with van der Waals surface area (Å²) in [5.41, 5.74) is -0.888. The third kappa shape index (κ3) is 6.70. The van der Waals surface area contributed by atoms with Gasteiger partial charge >= 0.3 is 18.1 Å². The van der Waals surface area contributed by atoms with Crippen LogP contribution in [0.25, 0.3) is 32.9 Å². The van der Waals surface area contributed by atoms with Crippen molar-refractivity contribution in [3.05, 3.63) is 41.5 Å². The van der Waals surface area contributed by atoms with Crippen molar-refractivity contribution in [2.45, 2.75) is 63.0 Å². The maximum absolute atomic E-state index is 17.3. The van der Waals surface area contributed by atoms with Crippen LogP contribution < -0.4 is 14.5 Å². The van der Waals surface area contributed by atoms with Gasteiger partial charge in [-0.25, -0.2) is 18.2 Å². The van der Waals surface area contributed by atoms with Gasteiger partial charge in [-0.05, 0) is 62.1 Å². The Morgan fingerprint density at radius 3 is 2.35 bits per heavy atom. The van der Waals surface area contributed by atoms with Crippen molar-refractivity contribution < 1.29 is 41.0 Å². The number of likely N-dealkylation sites (tertiary alicyclic amines) is 1. The number of phenolic OH excluding ortho intramolecular Hbond substituents is 1. The molecular formula is C39H39F6N7O3. The summed E-state index contributed by atoms with van der Waals surface area (Å²) in [7, 11) is 3.33. The van der Waals surface area contributed by atoms with Gasteiger partial charge < -0.3 is 29.4 Å². The number of ether oxygens (including phenoxy) is 1. The van der Waals surface area contributed by atoms with Crippen LogP contribution in [-0.4, -0.2) is 114 Å². The monoisotopic (exact) mass is 767 g/mol. The number of carbonyl (C=O) groups excluding carboxylic acids is 1. The van der Waals surface area contributed by atoms with Gasteiger partial charge in [0, 0.05) is 63.2 Å². The van der Waals surface area contributed by atoms with Gasteiger partial charge in [-0.15, -0.1) is 6.42 Å². The molecule has 1 N–H and O–H groups in total. The SMILES string of the molecule is C#Cc1c(F)ccc2cc(O)cc(-c3nc(N(C)C)c4c(N5CC6CCC(C5)N6C(=O)C(F)(F)F)nc(OCC5(CN6CCC(F)CC6)CC5)nc4c3F)c12. The second-order valence-corrected chi connectivity index (χ2v) is 15.4.